The fourth-order valence-corrected chi connectivity index (χ4v) is 3.19. The van der Waals surface area contributed by atoms with Crippen LogP contribution in [0, 0.1) is 0 Å². The topological polar surface area (TPSA) is 51.9 Å². The van der Waals surface area contributed by atoms with E-state index in [1.54, 1.807) is 12.1 Å². The Bertz CT molecular complexity index is 702. The van der Waals surface area contributed by atoms with Gasteiger partial charge in [0.05, 0.1) is 12.4 Å². The van der Waals surface area contributed by atoms with Crippen molar-refractivity contribution in [3.8, 4) is 5.75 Å². The monoisotopic (exact) mass is 341 g/mol. The summed E-state index contributed by atoms with van der Waals surface area (Å²) in [6.07, 6.45) is 6.03. The smallest absolute Gasteiger partial charge is 0.290 e. The van der Waals surface area contributed by atoms with Crippen molar-refractivity contribution < 1.29 is 18.7 Å². The van der Waals surface area contributed by atoms with Crippen LogP contribution in [-0.2, 0) is 11.3 Å². The van der Waals surface area contributed by atoms with E-state index in [0.29, 0.717) is 25.0 Å². The number of hydrogen-bond acceptors (Lipinski definition) is 4. The third-order valence-corrected chi connectivity index (χ3v) is 4.69. The summed E-state index contributed by atoms with van der Waals surface area (Å²) in [5, 5.41) is 0. The van der Waals surface area contributed by atoms with E-state index in [0.717, 1.165) is 43.6 Å². The lowest BCUT2D eigenvalue weighted by Crippen LogP contribution is -2.32. The third-order valence-electron chi connectivity index (χ3n) is 4.69. The highest BCUT2D eigenvalue weighted by Gasteiger charge is 2.34. The van der Waals surface area contributed by atoms with Crippen molar-refractivity contribution in [2.75, 3.05) is 13.2 Å². The summed E-state index contributed by atoms with van der Waals surface area (Å²) < 4.78 is 16.7. The van der Waals surface area contributed by atoms with Gasteiger partial charge in [-0.25, -0.2) is 0 Å². The molecular weight excluding hydrogens is 318 g/mol. The number of nitrogens with zero attached hydrogens (tertiary/aromatic N) is 1. The Labute approximate surface area is 147 Å². The average Bonchev–Trinajstić information content (AvgIpc) is 3.12. The fourth-order valence-electron chi connectivity index (χ4n) is 3.19. The molecule has 1 aliphatic heterocycles. The Balaban J connectivity index is 1.41. The third kappa shape index (κ3) is 4.04. The Morgan fingerprint density at radius 1 is 1.20 bits per heavy atom. The molecule has 2 heterocycles. The van der Waals surface area contributed by atoms with Crippen LogP contribution in [0.4, 0.5) is 0 Å². The highest BCUT2D eigenvalue weighted by Crippen LogP contribution is 2.30. The first-order valence-electron chi connectivity index (χ1n) is 8.97. The fraction of sp³-hybridized carbons (Fsp3) is 0.450. The quantitative estimate of drug-likeness (QED) is 0.771. The molecule has 25 heavy (non-hydrogen) atoms. The minimum absolute atomic E-state index is 0.0434. The van der Waals surface area contributed by atoms with Crippen molar-refractivity contribution in [2.45, 2.75) is 44.4 Å². The molecule has 1 amide bonds. The number of furan rings is 1. The normalized spacial score (nSPS) is 19.8. The molecule has 5 nitrogen and oxygen atoms in total. The molecule has 0 bridgehead atoms. The molecule has 1 atom stereocenters. The van der Waals surface area contributed by atoms with Crippen LogP contribution in [0.2, 0.25) is 0 Å². The van der Waals surface area contributed by atoms with Crippen molar-refractivity contribution in [3.05, 3.63) is 54.0 Å². The Morgan fingerprint density at radius 2 is 2.12 bits per heavy atom. The van der Waals surface area contributed by atoms with E-state index in [1.807, 2.05) is 29.2 Å². The standard InChI is InChI=1S/C20H23NO4/c22-20(19-7-3-11-24-19)21(16-8-9-16)13-15-4-1-5-17(12-15)25-14-18-6-2-10-23-18/h1,3-5,7,11-12,16,18H,2,6,8-10,13-14H2. The van der Waals surface area contributed by atoms with Crippen LogP contribution >= 0.6 is 0 Å². The van der Waals surface area contributed by atoms with E-state index >= 15 is 0 Å². The molecule has 1 unspecified atom stereocenters. The number of amides is 1. The maximum Gasteiger partial charge on any atom is 0.290 e. The zero-order valence-electron chi connectivity index (χ0n) is 14.2. The van der Waals surface area contributed by atoms with E-state index in [2.05, 4.69) is 0 Å². The number of benzene rings is 1. The van der Waals surface area contributed by atoms with Crippen LogP contribution in [0.15, 0.2) is 47.1 Å². The second-order valence-corrected chi connectivity index (χ2v) is 6.73. The zero-order chi connectivity index (χ0) is 17.1. The number of ether oxygens (including phenoxy) is 2. The van der Waals surface area contributed by atoms with Crippen molar-refractivity contribution >= 4 is 5.91 Å². The summed E-state index contributed by atoms with van der Waals surface area (Å²) in [6, 6.07) is 11.8. The van der Waals surface area contributed by atoms with Crippen LogP contribution in [0.1, 0.15) is 41.8 Å². The van der Waals surface area contributed by atoms with Crippen molar-refractivity contribution in [1.29, 1.82) is 0 Å². The Kier molecular flexibility index (Phi) is 4.74. The molecule has 2 aromatic rings. The maximum atomic E-state index is 12.7. The summed E-state index contributed by atoms with van der Waals surface area (Å²) in [7, 11) is 0. The SMILES string of the molecule is O=C(c1ccco1)N(Cc1cccc(OCC2CCCO2)c1)C1CC1. The molecule has 1 aromatic carbocycles. The molecular formula is C20H23NO4. The zero-order valence-corrected chi connectivity index (χ0v) is 14.2. The molecule has 132 valence electrons. The molecule has 1 saturated carbocycles. The van der Waals surface area contributed by atoms with Crippen LogP contribution in [0.5, 0.6) is 5.75 Å². The predicted octanol–water partition coefficient (Wildman–Crippen LogP) is 3.64. The molecule has 0 N–H and O–H groups in total. The van der Waals surface area contributed by atoms with E-state index < -0.39 is 0 Å². The van der Waals surface area contributed by atoms with Gasteiger partial charge >= 0.3 is 0 Å². The number of carbonyl (C=O) groups excluding carboxylic acids is 1. The minimum Gasteiger partial charge on any atom is -0.491 e. The van der Waals surface area contributed by atoms with Gasteiger partial charge in [-0.15, -0.1) is 0 Å². The summed E-state index contributed by atoms with van der Waals surface area (Å²) in [4.78, 5) is 14.6. The first kappa shape index (κ1) is 16.2. The van der Waals surface area contributed by atoms with E-state index in [-0.39, 0.29) is 12.0 Å². The van der Waals surface area contributed by atoms with Gasteiger partial charge in [0.15, 0.2) is 5.76 Å². The van der Waals surface area contributed by atoms with Gasteiger partial charge in [-0.1, -0.05) is 12.1 Å². The van der Waals surface area contributed by atoms with Gasteiger partial charge in [0, 0.05) is 19.2 Å². The molecule has 2 fully saturated rings. The predicted molar refractivity (Wildman–Crippen MR) is 92.5 cm³/mol. The average molecular weight is 341 g/mol. The number of hydrogen-bond donors (Lipinski definition) is 0. The van der Waals surface area contributed by atoms with Crippen molar-refractivity contribution in [2.24, 2.45) is 0 Å². The van der Waals surface area contributed by atoms with Gasteiger partial charge in [-0.2, -0.15) is 0 Å². The summed E-state index contributed by atoms with van der Waals surface area (Å²) in [6.45, 7) is 1.99. The Morgan fingerprint density at radius 3 is 2.84 bits per heavy atom. The van der Waals surface area contributed by atoms with Crippen molar-refractivity contribution in [1.82, 2.24) is 4.90 Å². The lowest BCUT2D eigenvalue weighted by Gasteiger charge is -2.22. The number of rotatable bonds is 7. The van der Waals surface area contributed by atoms with Crippen LogP contribution in [0.3, 0.4) is 0 Å². The summed E-state index contributed by atoms with van der Waals surface area (Å²) in [5.74, 6) is 1.19. The molecule has 1 saturated heterocycles. The summed E-state index contributed by atoms with van der Waals surface area (Å²) >= 11 is 0. The van der Waals surface area contributed by atoms with Crippen LogP contribution < -0.4 is 4.74 Å². The van der Waals surface area contributed by atoms with Gasteiger partial charge in [-0.05, 0) is 55.5 Å². The van der Waals surface area contributed by atoms with Crippen LogP contribution in [0.25, 0.3) is 0 Å². The first-order valence-corrected chi connectivity index (χ1v) is 8.97. The van der Waals surface area contributed by atoms with Crippen LogP contribution in [-0.4, -0.2) is 36.2 Å². The molecule has 0 spiro atoms. The largest absolute Gasteiger partial charge is 0.491 e. The van der Waals surface area contributed by atoms with Gasteiger partial charge in [-0.3, -0.25) is 4.79 Å². The lowest BCUT2D eigenvalue weighted by molar-refractivity contribution is 0.0676. The van der Waals surface area contributed by atoms with Gasteiger partial charge in [0.2, 0.25) is 0 Å². The summed E-state index contributed by atoms with van der Waals surface area (Å²) in [5.41, 5.74) is 1.07. The van der Waals surface area contributed by atoms with Gasteiger partial charge in [0.25, 0.3) is 5.91 Å². The maximum absolute atomic E-state index is 12.7. The molecule has 1 aliphatic carbocycles. The first-order chi connectivity index (χ1) is 12.3. The number of carbonyl (C=O) groups is 1. The highest BCUT2D eigenvalue weighted by molar-refractivity contribution is 5.91. The second kappa shape index (κ2) is 7.31. The molecule has 2 aliphatic rings. The van der Waals surface area contributed by atoms with Gasteiger partial charge < -0.3 is 18.8 Å². The van der Waals surface area contributed by atoms with E-state index in [9.17, 15) is 4.79 Å². The molecule has 4 rings (SSSR count). The van der Waals surface area contributed by atoms with Crippen molar-refractivity contribution in [3.63, 3.8) is 0 Å². The van der Waals surface area contributed by atoms with Gasteiger partial charge in [0.1, 0.15) is 12.4 Å². The lowest BCUT2D eigenvalue weighted by atomic mass is 10.2. The Hall–Kier alpha value is -2.27. The molecule has 5 heteroatoms. The highest BCUT2D eigenvalue weighted by atomic mass is 16.5. The van der Waals surface area contributed by atoms with E-state index in [1.165, 1.54) is 6.26 Å². The molecule has 1 aromatic heterocycles. The van der Waals surface area contributed by atoms with E-state index in [4.69, 9.17) is 13.9 Å². The minimum atomic E-state index is -0.0434. The molecule has 0 radical (unpaired) electrons. The second-order valence-electron chi connectivity index (χ2n) is 6.73.